The van der Waals surface area contributed by atoms with Crippen LogP contribution in [0.1, 0.15) is 5.56 Å². The third-order valence-electron chi connectivity index (χ3n) is 3.65. The van der Waals surface area contributed by atoms with E-state index in [1.165, 1.54) is 25.6 Å². The molecule has 0 spiro atoms. The van der Waals surface area contributed by atoms with E-state index >= 15 is 0 Å². The van der Waals surface area contributed by atoms with Gasteiger partial charge in [0.1, 0.15) is 5.01 Å². The topological polar surface area (TPSA) is 12.9 Å². The van der Waals surface area contributed by atoms with Crippen LogP contribution in [0.3, 0.4) is 0 Å². The van der Waals surface area contributed by atoms with Gasteiger partial charge in [0.2, 0.25) is 0 Å². The van der Waals surface area contributed by atoms with Gasteiger partial charge in [-0.05, 0) is 43.3 Å². The van der Waals surface area contributed by atoms with E-state index in [1.807, 2.05) is 6.07 Å². The number of nitrogens with zero attached hydrogens (tertiary/aromatic N) is 1. The van der Waals surface area contributed by atoms with Crippen LogP contribution in [0.4, 0.5) is 0 Å². The van der Waals surface area contributed by atoms with Gasteiger partial charge >= 0.3 is 0 Å². The molecule has 0 atom stereocenters. The Hall–Kier alpha value is -2.10. The second-order valence-corrected chi connectivity index (χ2v) is 7.60. The maximum absolute atomic E-state index is 4.72. The smallest absolute Gasteiger partial charge is 0.124 e. The van der Waals surface area contributed by atoms with E-state index in [1.54, 1.807) is 23.1 Å². The molecule has 1 aromatic heterocycles. The van der Waals surface area contributed by atoms with Crippen molar-refractivity contribution in [3.63, 3.8) is 0 Å². The molecule has 0 fully saturated rings. The van der Waals surface area contributed by atoms with Crippen molar-refractivity contribution in [2.45, 2.75) is 16.7 Å². The number of fused-ring (bicyclic) bond motifs is 1. The molecule has 0 amide bonds. The third kappa shape index (κ3) is 3.16. The summed E-state index contributed by atoms with van der Waals surface area (Å²) >= 11 is 3.53. The summed E-state index contributed by atoms with van der Waals surface area (Å²) in [5, 5.41) is 1.08. The van der Waals surface area contributed by atoms with Crippen LogP contribution in [0.15, 0.2) is 82.6 Å². The molecule has 3 aromatic carbocycles. The summed E-state index contributed by atoms with van der Waals surface area (Å²) in [6.07, 6.45) is 0. The maximum atomic E-state index is 4.72. The van der Waals surface area contributed by atoms with E-state index in [9.17, 15) is 0 Å². The van der Waals surface area contributed by atoms with Gasteiger partial charge in [-0.3, -0.25) is 0 Å². The molecule has 4 aromatic rings. The number of hydrogen-bond acceptors (Lipinski definition) is 3. The molecule has 4 rings (SSSR count). The first-order valence-electron chi connectivity index (χ1n) is 7.48. The van der Waals surface area contributed by atoms with Gasteiger partial charge in [0.25, 0.3) is 0 Å². The molecule has 0 bridgehead atoms. The number of aryl methyl sites for hydroxylation is 1. The molecule has 0 saturated carbocycles. The molecule has 3 heteroatoms. The normalized spacial score (nSPS) is 11.0. The summed E-state index contributed by atoms with van der Waals surface area (Å²) in [4.78, 5) is 7.23. The summed E-state index contributed by atoms with van der Waals surface area (Å²) in [5.74, 6) is 0. The monoisotopic (exact) mass is 333 g/mol. The van der Waals surface area contributed by atoms with E-state index in [4.69, 9.17) is 4.98 Å². The van der Waals surface area contributed by atoms with Crippen molar-refractivity contribution in [1.82, 2.24) is 4.98 Å². The van der Waals surface area contributed by atoms with E-state index < -0.39 is 0 Å². The second kappa shape index (κ2) is 6.19. The summed E-state index contributed by atoms with van der Waals surface area (Å²) < 4.78 is 1.24. The lowest BCUT2D eigenvalue weighted by Crippen LogP contribution is -1.78. The Balaban J connectivity index is 1.58. The van der Waals surface area contributed by atoms with Gasteiger partial charge in [-0.25, -0.2) is 4.98 Å². The standard InChI is InChI=1S/C20H15NS2/c1-14-6-10-16(11-7-14)22-17-12-8-15(9-13-17)20-21-18-4-2-3-5-19(18)23-20/h2-13H,1H3. The minimum atomic E-state index is 1.07. The van der Waals surface area contributed by atoms with Gasteiger partial charge in [0, 0.05) is 15.4 Å². The Morgan fingerprint density at radius 2 is 1.43 bits per heavy atom. The van der Waals surface area contributed by atoms with Crippen molar-refractivity contribution < 1.29 is 0 Å². The Labute approximate surface area is 144 Å². The molecule has 1 nitrogen and oxygen atoms in total. The second-order valence-electron chi connectivity index (χ2n) is 5.43. The number of thiazole rings is 1. The summed E-state index contributed by atoms with van der Waals surface area (Å²) in [5.41, 5.74) is 3.55. The lowest BCUT2D eigenvalue weighted by atomic mass is 10.2. The molecule has 0 unspecified atom stereocenters. The maximum Gasteiger partial charge on any atom is 0.124 e. The van der Waals surface area contributed by atoms with Gasteiger partial charge in [0.05, 0.1) is 10.2 Å². The molecule has 0 N–H and O–H groups in total. The van der Waals surface area contributed by atoms with Gasteiger partial charge in [0.15, 0.2) is 0 Å². The van der Waals surface area contributed by atoms with Crippen LogP contribution in [-0.2, 0) is 0 Å². The highest BCUT2D eigenvalue weighted by Gasteiger charge is 2.06. The van der Waals surface area contributed by atoms with E-state index in [0.717, 1.165) is 10.5 Å². The zero-order valence-electron chi connectivity index (χ0n) is 12.7. The number of hydrogen-bond donors (Lipinski definition) is 0. The molecule has 0 radical (unpaired) electrons. The van der Waals surface area contributed by atoms with Gasteiger partial charge in [-0.1, -0.05) is 53.7 Å². The Morgan fingerprint density at radius 1 is 0.783 bits per heavy atom. The van der Waals surface area contributed by atoms with E-state index in [2.05, 4.69) is 73.7 Å². The van der Waals surface area contributed by atoms with Crippen molar-refractivity contribution >= 4 is 33.3 Å². The first-order valence-corrected chi connectivity index (χ1v) is 9.12. The van der Waals surface area contributed by atoms with Gasteiger partial charge < -0.3 is 0 Å². The molecule has 0 aliphatic heterocycles. The van der Waals surface area contributed by atoms with Crippen LogP contribution < -0.4 is 0 Å². The zero-order chi connectivity index (χ0) is 15.6. The highest BCUT2D eigenvalue weighted by atomic mass is 32.2. The molecule has 0 aliphatic rings. The fraction of sp³-hybridized carbons (Fsp3) is 0.0500. The molecule has 23 heavy (non-hydrogen) atoms. The summed E-state index contributed by atoms with van der Waals surface area (Å²) in [6.45, 7) is 2.11. The molecule has 0 aliphatic carbocycles. The average molecular weight is 333 g/mol. The quantitative estimate of drug-likeness (QED) is 0.429. The minimum Gasteiger partial charge on any atom is -0.236 e. The van der Waals surface area contributed by atoms with Crippen LogP contribution in [0.5, 0.6) is 0 Å². The molecular formula is C20H15NS2. The predicted molar refractivity (Wildman–Crippen MR) is 100 cm³/mol. The third-order valence-corrected chi connectivity index (χ3v) is 5.75. The number of aromatic nitrogens is 1. The lowest BCUT2D eigenvalue weighted by Gasteiger charge is -2.03. The molecule has 112 valence electrons. The van der Waals surface area contributed by atoms with E-state index in [-0.39, 0.29) is 0 Å². The minimum absolute atomic E-state index is 1.07. The van der Waals surface area contributed by atoms with Crippen molar-refractivity contribution in [1.29, 1.82) is 0 Å². The zero-order valence-corrected chi connectivity index (χ0v) is 14.3. The molecular weight excluding hydrogens is 318 g/mol. The molecule has 1 heterocycles. The van der Waals surface area contributed by atoms with Crippen LogP contribution in [-0.4, -0.2) is 4.98 Å². The van der Waals surface area contributed by atoms with E-state index in [0.29, 0.717) is 0 Å². The Morgan fingerprint density at radius 3 is 2.13 bits per heavy atom. The first-order chi connectivity index (χ1) is 11.3. The van der Waals surface area contributed by atoms with Crippen LogP contribution in [0.2, 0.25) is 0 Å². The van der Waals surface area contributed by atoms with Crippen molar-refractivity contribution in [2.24, 2.45) is 0 Å². The SMILES string of the molecule is Cc1ccc(Sc2ccc(-c3nc4ccccc4s3)cc2)cc1. The van der Waals surface area contributed by atoms with Gasteiger partial charge in [-0.15, -0.1) is 11.3 Å². The first kappa shape index (κ1) is 14.5. The highest BCUT2D eigenvalue weighted by Crippen LogP contribution is 2.33. The fourth-order valence-corrected chi connectivity index (χ4v) is 4.19. The molecule has 0 saturated heterocycles. The van der Waals surface area contributed by atoms with Crippen molar-refractivity contribution in [3.05, 3.63) is 78.4 Å². The number of benzene rings is 3. The van der Waals surface area contributed by atoms with Crippen molar-refractivity contribution in [2.75, 3.05) is 0 Å². The Kier molecular flexibility index (Phi) is 3.90. The fourth-order valence-electron chi connectivity index (χ4n) is 2.40. The van der Waals surface area contributed by atoms with Crippen LogP contribution >= 0.6 is 23.1 Å². The van der Waals surface area contributed by atoms with Gasteiger partial charge in [-0.2, -0.15) is 0 Å². The van der Waals surface area contributed by atoms with Crippen molar-refractivity contribution in [3.8, 4) is 10.6 Å². The van der Waals surface area contributed by atoms with Crippen LogP contribution in [0, 0.1) is 6.92 Å². The Bertz CT molecular complexity index is 904. The predicted octanol–water partition coefficient (Wildman–Crippen LogP) is 6.42. The lowest BCUT2D eigenvalue weighted by molar-refractivity contribution is 1.36. The number of para-hydroxylation sites is 1. The average Bonchev–Trinajstić information content (AvgIpc) is 3.02. The summed E-state index contributed by atoms with van der Waals surface area (Å²) in [6, 6.07) is 25.6. The highest BCUT2D eigenvalue weighted by molar-refractivity contribution is 7.99. The number of rotatable bonds is 3. The van der Waals surface area contributed by atoms with Crippen LogP contribution in [0.25, 0.3) is 20.8 Å². The summed E-state index contributed by atoms with van der Waals surface area (Å²) in [7, 11) is 0. The largest absolute Gasteiger partial charge is 0.236 e.